The summed E-state index contributed by atoms with van der Waals surface area (Å²) in [5.41, 5.74) is 0. The van der Waals surface area contributed by atoms with Gasteiger partial charge in [0.2, 0.25) is 5.89 Å². The lowest BCUT2D eigenvalue weighted by Crippen LogP contribution is -2.35. The molecule has 0 spiro atoms. The zero-order chi connectivity index (χ0) is 13.8. The summed E-state index contributed by atoms with van der Waals surface area (Å²) < 4.78 is 16.0. The van der Waals surface area contributed by atoms with Crippen molar-refractivity contribution in [2.75, 3.05) is 46.6 Å². The van der Waals surface area contributed by atoms with Crippen molar-refractivity contribution >= 4 is 0 Å². The van der Waals surface area contributed by atoms with Gasteiger partial charge in [-0.1, -0.05) is 5.16 Å². The lowest BCUT2D eigenvalue weighted by Gasteiger charge is -2.29. The molecule has 2 aliphatic heterocycles. The average Bonchev–Trinajstić information content (AvgIpc) is 3.16. The molecular formula is C14H23N3O3. The van der Waals surface area contributed by atoms with Crippen molar-refractivity contribution in [3.05, 3.63) is 11.7 Å². The highest BCUT2D eigenvalue weighted by molar-refractivity contribution is 5.01. The molecule has 1 atom stereocenters. The number of hydrogen-bond acceptors (Lipinski definition) is 6. The molecule has 0 N–H and O–H groups in total. The molecule has 112 valence electrons. The molecule has 0 aromatic carbocycles. The average molecular weight is 281 g/mol. The van der Waals surface area contributed by atoms with Gasteiger partial charge in [0.05, 0.1) is 13.2 Å². The van der Waals surface area contributed by atoms with E-state index in [2.05, 4.69) is 15.0 Å². The van der Waals surface area contributed by atoms with Crippen LogP contribution >= 0.6 is 0 Å². The van der Waals surface area contributed by atoms with Gasteiger partial charge in [0, 0.05) is 32.1 Å². The van der Waals surface area contributed by atoms with Crippen LogP contribution in [0.15, 0.2) is 4.52 Å². The molecule has 2 fully saturated rings. The minimum absolute atomic E-state index is 0.328. The molecule has 6 heteroatoms. The highest BCUT2D eigenvalue weighted by Crippen LogP contribution is 2.29. The second-order valence-corrected chi connectivity index (χ2v) is 5.66. The third-order valence-corrected chi connectivity index (χ3v) is 4.30. The minimum atomic E-state index is 0.328. The van der Waals surface area contributed by atoms with Gasteiger partial charge in [-0.25, -0.2) is 0 Å². The number of likely N-dealkylation sites (tertiary alicyclic amines) is 1. The second kappa shape index (κ2) is 6.65. The van der Waals surface area contributed by atoms with Crippen LogP contribution < -0.4 is 0 Å². The Morgan fingerprint density at radius 1 is 1.25 bits per heavy atom. The summed E-state index contributed by atoms with van der Waals surface area (Å²) in [6.45, 7) is 5.52. The number of piperidine rings is 1. The highest BCUT2D eigenvalue weighted by Gasteiger charge is 2.28. The number of ether oxygens (including phenoxy) is 2. The van der Waals surface area contributed by atoms with Gasteiger partial charge in [-0.2, -0.15) is 4.98 Å². The summed E-state index contributed by atoms with van der Waals surface area (Å²) in [6, 6.07) is 0. The van der Waals surface area contributed by atoms with E-state index >= 15 is 0 Å². The van der Waals surface area contributed by atoms with Crippen molar-refractivity contribution in [3.63, 3.8) is 0 Å². The second-order valence-electron chi connectivity index (χ2n) is 5.66. The van der Waals surface area contributed by atoms with Gasteiger partial charge in [0.25, 0.3) is 0 Å². The van der Waals surface area contributed by atoms with E-state index in [1.807, 2.05) is 0 Å². The Hall–Kier alpha value is -0.980. The first-order valence-electron chi connectivity index (χ1n) is 7.49. The molecule has 3 heterocycles. The Kier molecular flexibility index (Phi) is 4.65. The lowest BCUT2D eigenvalue weighted by molar-refractivity contribution is 0.126. The first kappa shape index (κ1) is 14.0. The van der Waals surface area contributed by atoms with E-state index in [-0.39, 0.29) is 0 Å². The van der Waals surface area contributed by atoms with Crippen molar-refractivity contribution in [2.45, 2.75) is 31.1 Å². The summed E-state index contributed by atoms with van der Waals surface area (Å²) >= 11 is 0. The number of aromatic nitrogens is 2. The summed E-state index contributed by atoms with van der Waals surface area (Å²) in [5.74, 6) is 2.39. The Bertz CT molecular complexity index is 410. The predicted octanol–water partition coefficient (Wildman–Crippen LogP) is 1.40. The van der Waals surface area contributed by atoms with Crippen molar-refractivity contribution in [3.8, 4) is 0 Å². The van der Waals surface area contributed by atoms with Crippen LogP contribution in [0.4, 0.5) is 0 Å². The molecule has 2 saturated heterocycles. The number of methoxy groups -OCH3 is 1. The van der Waals surface area contributed by atoms with Gasteiger partial charge in [0.1, 0.15) is 0 Å². The lowest BCUT2D eigenvalue weighted by atomic mass is 9.97. The van der Waals surface area contributed by atoms with Crippen LogP contribution in [0.2, 0.25) is 0 Å². The molecule has 0 radical (unpaired) electrons. The van der Waals surface area contributed by atoms with Crippen LogP contribution in [0, 0.1) is 0 Å². The summed E-state index contributed by atoms with van der Waals surface area (Å²) in [4.78, 5) is 7.03. The van der Waals surface area contributed by atoms with Crippen molar-refractivity contribution in [1.82, 2.24) is 15.0 Å². The van der Waals surface area contributed by atoms with Gasteiger partial charge < -0.3 is 18.9 Å². The first-order chi connectivity index (χ1) is 9.86. The molecular weight excluding hydrogens is 258 g/mol. The maximum absolute atomic E-state index is 5.47. The van der Waals surface area contributed by atoms with E-state index < -0.39 is 0 Å². The molecule has 0 aliphatic carbocycles. The predicted molar refractivity (Wildman–Crippen MR) is 72.8 cm³/mol. The van der Waals surface area contributed by atoms with E-state index in [0.29, 0.717) is 11.8 Å². The molecule has 0 bridgehead atoms. The SMILES string of the molecule is COCCN1CCC(c2nc([C@H]3CCOC3)no2)CC1. The fraction of sp³-hybridized carbons (Fsp3) is 0.857. The van der Waals surface area contributed by atoms with E-state index in [9.17, 15) is 0 Å². The first-order valence-corrected chi connectivity index (χ1v) is 7.49. The minimum Gasteiger partial charge on any atom is -0.383 e. The Morgan fingerprint density at radius 3 is 2.80 bits per heavy atom. The molecule has 0 unspecified atom stereocenters. The molecule has 2 aliphatic rings. The van der Waals surface area contributed by atoms with E-state index in [0.717, 1.165) is 70.4 Å². The third kappa shape index (κ3) is 3.19. The van der Waals surface area contributed by atoms with Crippen LogP contribution in [0.5, 0.6) is 0 Å². The Morgan fingerprint density at radius 2 is 2.10 bits per heavy atom. The van der Waals surface area contributed by atoms with Crippen molar-refractivity contribution < 1.29 is 14.0 Å². The zero-order valence-electron chi connectivity index (χ0n) is 12.1. The molecule has 1 aromatic rings. The van der Waals surface area contributed by atoms with E-state index in [1.54, 1.807) is 7.11 Å². The number of nitrogens with zero attached hydrogens (tertiary/aromatic N) is 3. The summed E-state index contributed by atoms with van der Waals surface area (Å²) in [6.07, 6.45) is 3.19. The maximum atomic E-state index is 5.47. The standard InChI is InChI=1S/C14H23N3O3/c1-18-9-7-17-5-2-11(3-6-17)14-15-13(16-20-14)12-4-8-19-10-12/h11-12H,2-10H2,1H3/t12-/m0/s1. The fourth-order valence-corrected chi connectivity index (χ4v) is 2.94. The number of rotatable bonds is 5. The topological polar surface area (TPSA) is 60.6 Å². The monoisotopic (exact) mass is 281 g/mol. The zero-order valence-corrected chi connectivity index (χ0v) is 12.1. The van der Waals surface area contributed by atoms with Crippen molar-refractivity contribution in [1.29, 1.82) is 0 Å². The van der Waals surface area contributed by atoms with Crippen LogP contribution in [-0.2, 0) is 9.47 Å². The number of hydrogen-bond donors (Lipinski definition) is 0. The Balaban J connectivity index is 1.52. The van der Waals surface area contributed by atoms with E-state index in [4.69, 9.17) is 14.0 Å². The molecule has 0 amide bonds. The molecule has 0 saturated carbocycles. The van der Waals surface area contributed by atoms with Crippen LogP contribution in [0.3, 0.4) is 0 Å². The molecule has 6 nitrogen and oxygen atoms in total. The van der Waals surface area contributed by atoms with Gasteiger partial charge >= 0.3 is 0 Å². The third-order valence-electron chi connectivity index (χ3n) is 4.30. The van der Waals surface area contributed by atoms with Gasteiger partial charge in [-0.3, -0.25) is 0 Å². The molecule has 3 rings (SSSR count). The summed E-state index contributed by atoms with van der Waals surface area (Å²) in [7, 11) is 1.75. The van der Waals surface area contributed by atoms with Crippen LogP contribution in [0.1, 0.15) is 42.8 Å². The highest BCUT2D eigenvalue weighted by atomic mass is 16.5. The van der Waals surface area contributed by atoms with Crippen LogP contribution in [-0.4, -0.2) is 61.6 Å². The molecule has 20 heavy (non-hydrogen) atoms. The normalized spacial score (nSPS) is 25.4. The fourth-order valence-electron chi connectivity index (χ4n) is 2.94. The smallest absolute Gasteiger partial charge is 0.229 e. The quantitative estimate of drug-likeness (QED) is 0.813. The van der Waals surface area contributed by atoms with Gasteiger partial charge in [-0.15, -0.1) is 0 Å². The Labute approximate surface area is 119 Å². The van der Waals surface area contributed by atoms with Gasteiger partial charge in [-0.05, 0) is 32.4 Å². The van der Waals surface area contributed by atoms with Gasteiger partial charge in [0.15, 0.2) is 5.82 Å². The van der Waals surface area contributed by atoms with Crippen molar-refractivity contribution in [2.24, 2.45) is 0 Å². The van der Waals surface area contributed by atoms with E-state index in [1.165, 1.54) is 0 Å². The largest absolute Gasteiger partial charge is 0.383 e. The van der Waals surface area contributed by atoms with Crippen LogP contribution in [0.25, 0.3) is 0 Å². The summed E-state index contributed by atoms with van der Waals surface area (Å²) in [5, 5.41) is 4.14. The molecule has 1 aromatic heterocycles. The maximum Gasteiger partial charge on any atom is 0.229 e.